The minimum absolute atomic E-state index is 0.263. The number of aryl methyl sites for hydroxylation is 1. The zero-order valence-electron chi connectivity index (χ0n) is 6.85. The maximum Gasteiger partial charge on any atom is 0.338 e. The summed E-state index contributed by atoms with van der Waals surface area (Å²) < 4.78 is 0.386. The largest absolute Gasteiger partial charge is 0.478 e. The normalized spacial score (nSPS) is 10.2. The molecule has 0 saturated carbocycles. The summed E-state index contributed by atoms with van der Waals surface area (Å²) in [6.07, 6.45) is 0.837. The predicted molar refractivity (Wildman–Crippen MR) is 50.4 cm³/mol. The monoisotopic (exact) mass is 204 g/mol. The van der Waals surface area contributed by atoms with Crippen molar-refractivity contribution in [3.8, 4) is 0 Å². The molecule has 0 bridgehead atoms. The average molecular weight is 205 g/mol. The molecule has 4 heteroatoms. The van der Waals surface area contributed by atoms with Crippen molar-refractivity contribution in [2.24, 2.45) is 0 Å². The number of carbonyl (C=O) groups is 1. The Morgan fingerprint density at radius 3 is 2.50 bits per heavy atom. The van der Waals surface area contributed by atoms with Gasteiger partial charge in [-0.15, -0.1) is 11.3 Å². The molecule has 1 N–H and O–H groups in total. The lowest BCUT2D eigenvalue weighted by molar-refractivity contribution is 0.0697. The summed E-state index contributed by atoms with van der Waals surface area (Å²) in [6.45, 7) is 3.78. The molecule has 0 aromatic carbocycles. The van der Waals surface area contributed by atoms with Gasteiger partial charge in [-0.2, -0.15) is 0 Å². The van der Waals surface area contributed by atoms with Crippen LogP contribution in [-0.2, 0) is 6.42 Å². The molecule has 0 atom stereocenters. The molecule has 2 nitrogen and oxygen atoms in total. The van der Waals surface area contributed by atoms with Crippen molar-refractivity contribution in [1.29, 1.82) is 0 Å². The Morgan fingerprint density at radius 1 is 1.67 bits per heavy atom. The smallest absolute Gasteiger partial charge is 0.338 e. The minimum Gasteiger partial charge on any atom is -0.478 e. The highest BCUT2D eigenvalue weighted by Gasteiger charge is 2.17. The van der Waals surface area contributed by atoms with Gasteiger partial charge in [-0.3, -0.25) is 0 Å². The van der Waals surface area contributed by atoms with Gasteiger partial charge in [-0.1, -0.05) is 18.5 Å². The maximum absolute atomic E-state index is 10.7. The Hall–Kier alpha value is -0.540. The fourth-order valence-corrected chi connectivity index (χ4v) is 2.56. The number of aromatic carboxylic acids is 1. The highest BCUT2D eigenvalue weighted by molar-refractivity contribution is 7.16. The van der Waals surface area contributed by atoms with Gasteiger partial charge in [0, 0.05) is 4.88 Å². The lowest BCUT2D eigenvalue weighted by Crippen LogP contribution is -1.97. The van der Waals surface area contributed by atoms with Crippen LogP contribution in [0.2, 0.25) is 4.34 Å². The van der Waals surface area contributed by atoms with Crippen molar-refractivity contribution in [2.75, 3.05) is 0 Å². The van der Waals surface area contributed by atoms with E-state index in [1.54, 1.807) is 6.92 Å². The molecule has 0 fully saturated rings. The van der Waals surface area contributed by atoms with Crippen LogP contribution in [0.15, 0.2) is 0 Å². The maximum atomic E-state index is 10.7. The van der Waals surface area contributed by atoms with Crippen LogP contribution in [0.5, 0.6) is 0 Å². The van der Waals surface area contributed by atoms with Crippen molar-refractivity contribution in [3.63, 3.8) is 0 Å². The van der Waals surface area contributed by atoms with Crippen LogP contribution in [-0.4, -0.2) is 11.1 Å². The summed E-state index contributed by atoms with van der Waals surface area (Å²) in [7, 11) is 0. The number of halogens is 1. The van der Waals surface area contributed by atoms with E-state index in [-0.39, 0.29) is 5.56 Å². The number of thiophene rings is 1. The molecule has 0 spiro atoms. The van der Waals surface area contributed by atoms with Crippen LogP contribution in [0.3, 0.4) is 0 Å². The second kappa shape index (κ2) is 3.46. The summed E-state index contributed by atoms with van der Waals surface area (Å²) in [5.74, 6) is -0.937. The van der Waals surface area contributed by atoms with E-state index >= 15 is 0 Å². The molecule has 12 heavy (non-hydrogen) atoms. The molecule has 0 aliphatic carbocycles. The topological polar surface area (TPSA) is 37.3 Å². The third kappa shape index (κ3) is 1.47. The Labute approximate surface area is 79.8 Å². The molecule has 0 unspecified atom stereocenters. The Morgan fingerprint density at radius 2 is 2.25 bits per heavy atom. The zero-order chi connectivity index (χ0) is 9.30. The van der Waals surface area contributed by atoms with Crippen LogP contribution >= 0.6 is 22.9 Å². The zero-order valence-corrected chi connectivity index (χ0v) is 8.42. The van der Waals surface area contributed by atoms with Gasteiger partial charge in [0.25, 0.3) is 0 Å². The van der Waals surface area contributed by atoms with E-state index in [4.69, 9.17) is 16.7 Å². The van der Waals surface area contributed by atoms with Crippen molar-refractivity contribution < 1.29 is 9.90 Å². The van der Waals surface area contributed by atoms with Crippen LogP contribution in [0, 0.1) is 6.92 Å². The third-order valence-electron chi connectivity index (χ3n) is 1.74. The van der Waals surface area contributed by atoms with Crippen LogP contribution < -0.4 is 0 Å². The molecule has 0 aliphatic rings. The fraction of sp³-hybridized carbons (Fsp3) is 0.375. The molecule has 0 aliphatic heterocycles. The molecule has 66 valence electrons. The molecular formula is C8H9ClO2S. The van der Waals surface area contributed by atoms with E-state index in [2.05, 4.69) is 0 Å². The molecule has 0 radical (unpaired) electrons. The van der Waals surface area contributed by atoms with Crippen LogP contribution in [0.1, 0.15) is 27.7 Å². The highest BCUT2D eigenvalue weighted by atomic mass is 35.5. The fourth-order valence-electron chi connectivity index (χ4n) is 1.10. The van der Waals surface area contributed by atoms with Crippen molar-refractivity contribution in [3.05, 3.63) is 20.3 Å². The average Bonchev–Trinajstić information content (AvgIpc) is 2.25. The minimum atomic E-state index is -0.937. The summed E-state index contributed by atoms with van der Waals surface area (Å²) in [4.78, 5) is 11.7. The van der Waals surface area contributed by atoms with Crippen molar-refractivity contribution in [1.82, 2.24) is 0 Å². The first kappa shape index (κ1) is 9.55. The quantitative estimate of drug-likeness (QED) is 0.804. The van der Waals surface area contributed by atoms with Gasteiger partial charge in [0.05, 0.1) is 5.56 Å². The number of rotatable bonds is 2. The Balaban J connectivity index is 3.28. The molecular weight excluding hydrogens is 196 g/mol. The summed E-state index contributed by atoms with van der Waals surface area (Å²) in [5.41, 5.74) is 1.07. The number of hydrogen-bond donors (Lipinski definition) is 1. The Kier molecular flexibility index (Phi) is 2.75. The van der Waals surface area contributed by atoms with Crippen molar-refractivity contribution in [2.45, 2.75) is 20.3 Å². The summed E-state index contributed by atoms with van der Waals surface area (Å²) >= 11 is 7.12. The van der Waals surface area contributed by atoms with Crippen LogP contribution in [0.25, 0.3) is 0 Å². The van der Waals surface area contributed by atoms with Gasteiger partial charge in [0.2, 0.25) is 0 Å². The lowest BCUT2D eigenvalue weighted by atomic mass is 10.1. The highest BCUT2D eigenvalue weighted by Crippen LogP contribution is 2.32. The van der Waals surface area contributed by atoms with Gasteiger partial charge in [-0.05, 0) is 18.9 Å². The molecule has 1 aromatic rings. The van der Waals surface area contributed by atoms with Gasteiger partial charge in [-0.25, -0.2) is 4.79 Å². The second-order valence-electron chi connectivity index (χ2n) is 2.46. The molecule has 1 aromatic heterocycles. The van der Waals surface area contributed by atoms with Gasteiger partial charge < -0.3 is 5.11 Å². The summed E-state index contributed by atoms with van der Waals surface area (Å²) in [6, 6.07) is 0. The molecule has 1 heterocycles. The first-order valence-corrected chi connectivity index (χ1v) is 4.78. The first-order chi connectivity index (χ1) is 5.57. The molecule has 1 rings (SSSR count). The summed E-state index contributed by atoms with van der Waals surface area (Å²) in [5, 5.41) is 8.78. The van der Waals surface area contributed by atoms with Gasteiger partial charge in [0.1, 0.15) is 4.34 Å². The SMILES string of the molecule is CCc1sc(Cl)c(C(=O)O)c1C. The standard InChI is InChI=1S/C8H9ClO2S/c1-3-5-4(2)6(8(10)11)7(9)12-5/h3H2,1-2H3,(H,10,11). The van der Waals surface area contributed by atoms with E-state index in [9.17, 15) is 4.79 Å². The van der Waals surface area contributed by atoms with E-state index in [0.29, 0.717) is 4.34 Å². The lowest BCUT2D eigenvalue weighted by Gasteiger charge is -1.93. The van der Waals surface area contributed by atoms with Gasteiger partial charge >= 0.3 is 5.97 Å². The first-order valence-electron chi connectivity index (χ1n) is 3.59. The van der Waals surface area contributed by atoms with Gasteiger partial charge in [0.15, 0.2) is 0 Å². The van der Waals surface area contributed by atoms with Crippen LogP contribution in [0.4, 0.5) is 0 Å². The number of carboxylic acids is 1. The third-order valence-corrected chi connectivity index (χ3v) is 3.38. The van der Waals surface area contributed by atoms with Crippen molar-refractivity contribution >= 4 is 28.9 Å². The predicted octanol–water partition coefficient (Wildman–Crippen LogP) is 2.97. The molecule has 0 amide bonds. The Bertz CT molecular complexity index is 317. The second-order valence-corrected chi connectivity index (χ2v) is 4.16. The number of hydrogen-bond acceptors (Lipinski definition) is 2. The van der Waals surface area contributed by atoms with E-state index in [1.165, 1.54) is 11.3 Å². The number of carboxylic acid groups (broad SMARTS) is 1. The van der Waals surface area contributed by atoms with E-state index < -0.39 is 5.97 Å². The van der Waals surface area contributed by atoms with E-state index in [1.807, 2.05) is 6.92 Å². The molecule has 0 saturated heterocycles. The van der Waals surface area contributed by atoms with E-state index in [0.717, 1.165) is 16.9 Å².